The summed E-state index contributed by atoms with van der Waals surface area (Å²) in [7, 11) is 2.98. The molecular formula is C26H29N3O5. The van der Waals surface area contributed by atoms with Gasteiger partial charge in [-0.1, -0.05) is 48.5 Å². The van der Waals surface area contributed by atoms with Crippen molar-refractivity contribution in [2.45, 2.75) is 39.0 Å². The topological polar surface area (TPSA) is 91.8 Å². The minimum atomic E-state index is -0.310. The Morgan fingerprint density at radius 2 is 1.74 bits per heavy atom. The highest BCUT2D eigenvalue weighted by atomic mass is 16.5. The summed E-state index contributed by atoms with van der Waals surface area (Å²) in [5.74, 6) is 0.170. The molecule has 0 unspecified atom stereocenters. The van der Waals surface area contributed by atoms with Crippen LogP contribution in [0.2, 0.25) is 0 Å². The molecule has 34 heavy (non-hydrogen) atoms. The highest BCUT2D eigenvalue weighted by molar-refractivity contribution is 5.76. The molecule has 2 heterocycles. The van der Waals surface area contributed by atoms with Crippen LogP contribution in [0, 0.1) is 6.92 Å². The summed E-state index contributed by atoms with van der Waals surface area (Å²) in [6.07, 6.45) is 1.72. The lowest BCUT2D eigenvalue weighted by molar-refractivity contribution is -0.147. The number of carbonyl (C=O) groups is 1. The van der Waals surface area contributed by atoms with Crippen molar-refractivity contribution in [1.29, 1.82) is 0 Å². The Bertz CT molecular complexity index is 1110. The molecule has 4 rings (SSSR count). The fraction of sp³-hybridized carbons (Fsp3) is 0.346. The van der Waals surface area contributed by atoms with E-state index in [0.29, 0.717) is 5.56 Å². The van der Waals surface area contributed by atoms with Crippen molar-refractivity contribution < 1.29 is 23.7 Å². The number of aromatic nitrogens is 2. The molecule has 1 N–H and O–H groups in total. The smallest absolute Gasteiger partial charge is 0.323 e. The number of methoxy groups -OCH3 is 2. The van der Waals surface area contributed by atoms with Crippen molar-refractivity contribution in [3.05, 3.63) is 65.2 Å². The lowest BCUT2D eigenvalue weighted by Gasteiger charge is -2.16. The summed E-state index contributed by atoms with van der Waals surface area (Å²) in [5, 5.41) is 3.12. The standard InChI is InChI=1S/C26H29N3O5/c1-17-19(11-7-12-20(17)18-9-5-4-6-10-18)15-34-26-28-23(31-2)21(24(29-26)32-3)16-33-25(30)22-13-8-14-27-22/h4-7,9-12,22,27H,8,13-16H2,1-3H3/t22-/m0/s1. The second-order valence-electron chi connectivity index (χ2n) is 8.00. The van der Waals surface area contributed by atoms with Crippen molar-refractivity contribution in [2.75, 3.05) is 20.8 Å². The van der Waals surface area contributed by atoms with E-state index < -0.39 is 0 Å². The lowest BCUT2D eigenvalue weighted by atomic mass is 9.97. The van der Waals surface area contributed by atoms with Gasteiger partial charge in [-0.25, -0.2) is 0 Å². The van der Waals surface area contributed by atoms with Crippen molar-refractivity contribution in [3.63, 3.8) is 0 Å². The van der Waals surface area contributed by atoms with Gasteiger partial charge >= 0.3 is 12.0 Å². The Kier molecular flexibility index (Phi) is 7.59. The van der Waals surface area contributed by atoms with Gasteiger partial charge in [-0.2, -0.15) is 9.97 Å². The van der Waals surface area contributed by atoms with E-state index in [1.165, 1.54) is 14.2 Å². The predicted molar refractivity (Wildman–Crippen MR) is 127 cm³/mol. The monoisotopic (exact) mass is 463 g/mol. The summed E-state index contributed by atoms with van der Waals surface area (Å²) in [5.41, 5.74) is 4.88. The van der Waals surface area contributed by atoms with E-state index in [2.05, 4.69) is 40.4 Å². The molecule has 0 bridgehead atoms. The van der Waals surface area contributed by atoms with E-state index in [1.807, 2.05) is 30.3 Å². The molecule has 0 aliphatic carbocycles. The molecule has 1 atom stereocenters. The Hall–Kier alpha value is -3.65. The number of carbonyl (C=O) groups excluding carboxylic acids is 1. The van der Waals surface area contributed by atoms with Crippen molar-refractivity contribution >= 4 is 5.97 Å². The first-order valence-electron chi connectivity index (χ1n) is 11.3. The number of nitrogens with one attached hydrogen (secondary N) is 1. The second kappa shape index (κ2) is 11.0. The number of nitrogens with zero attached hydrogens (tertiary/aromatic N) is 2. The molecule has 1 aromatic heterocycles. The van der Waals surface area contributed by atoms with E-state index in [0.717, 1.165) is 41.6 Å². The van der Waals surface area contributed by atoms with Crippen molar-refractivity contribution in [1.82, 2.24) is 15.3 Å². The minimum absolute atomic E-state index is 0.0537. The van der Waals surface area contributed by atoms with E-state index in [1.54, 1.807) is 0 Å². The molecule has 1 aliphatic heterocycles. The summed E-state index contributed by atoms with van der Waals surface area (Å²) in [6, 6.07) is 16.2. The fourth-order valence-corrected chi connectivity index (χ4v) is 3.99. The zero-order valence-corrected chi connectivity index (χ0v) is 19.7. The molecule has 3 aromatic rings. The molecular weight excluding hydrogens is 434 g/mol. The van der Waals surface area contributed by atoms with Gasteiger partial charge in [0.1, 0.15) is 24.8 Å². The van der Waals surface area contributed by atoms with Gasteiger partial charge in [0.15, 0.2) is 0 Å². The number of ether oxygens (including phenoxy) is 4. The Balaban J connectivity index is 1.49. The second-order valence-corrected chi connectivity index (χ2v) is 8.00. The predicted octanol–water partition coefficient (Wildman–Crippen LogP) is 3.84. The zero-order valence-electron chi connectivity index (χ0n) is 19.7. The average molecular weight is 464 g/mol. The molecule has 2 aromatic carbocycles. The summed E-state index contributed by atoms with van der Waals surface area (Å²) < 4.78 is 22.2. The summed E-state index contributed by atoms with van der Waals surface area (Å²) >= 11 is 0. The first-order chi connectivity index (χ1) is 16.6. The Morgan fingerprint density at radius 1 is 1.00 bits per heavy atom. The minimum Gasteiger partial charge on any atom is -0.480 e. The SMILES string of the molecule is COc1nc(OCc2cccc(-c3ccccc3)c2C)nc(OC)c1COC(=O)[C@@H]1CCCN1. The van der Waals surface area contributed by atoms with Crippen molar-refractivity contribution in [3.8, 4) is 28.9 Å². The molecule has 178 valence electrons. The van der Waals surface area contributed by atoms with Crippen LogP contribution in [-0.2, 0) is 22.7 Å². The van der Waals surface area contributed by atoms with Gasteiger partial charge in [0.2, 0.25) is 11.8 Å². The normalized spacial score (nSPS) is 15.1. The van der Waals surface area contributed by atoms with Crippen LogP contribution >= 0.6 is 0 Å². The fourth-order valence-electron chi connectivity index (χ4n) is 3.99. The third-order valence-corrected chi connectivity index (χ3v) is 5.89. The van der Waals surface area contributed by atoms with E-state index in [-0.39, 0.29) is 43.0 Å². The number of benzene rings is 2. The summed E-state index contributed by atoms with van der Waals surface area (Å²) in [4.78, 5) is 21.0. The molecule has 1 aliphatic rings. The highest BCUT2D eigenvalue weighted by Crippen LogP contribution is 2.30. The van der Waals surface area contributed by atoms with Gasteiger partial charge in [0.25, 0.3) is 0 Å². The van der Waals surface area contributed by atoms with Crippen LogP contribution < -0.4 is 19.5 Å². The number of rotatable bonds is 9. The molecule has 8 heteroatoms. The van der Waals surface area contributed by atoms with Gasteiger partial charge in [-0.05, 0) is 48.6 Å². The maximum absolute atomic E-state index is 12.3. The third-order valence-electron chi connectivity index (χ3n) is 5.89. The first-order valence-corrected chi connectivity index (χ1v) is 11.3. The molecule has 8 nitrogen and oxygen atoms in total. The first kappa shape index (κ1) is 23.5. The maximum Gasteiger partial charge on any atom is 0.323 e. The quantitative estimate of drug-likeness (QED) is 0.479. The van der Waals surface area contributed by atoms with E-state index in [4.69, 9.17) is 18.9 Å². The van der Waals surface area contributed by atoms with Gasteiger partial charge in [-0.15, -0.1) is 0 Å². The van der Waals surface area contributed by atoms with Gasteiger partial charge < -0.3 is 24.3 Å². The molecule has 0 amide bonds. The van der Waals surface area contributed by atoms with E-state index in [9.17, 15) is 4.79 Å². The van der Waals surface area contributed by atoms with Crippen LogP contribution in [0.25, 0.3) is 11.1 Å². The third kappa shape index (κ3) is 5.28. The van der Waals surface area contributed by atoms with Crippen LogP contribution in [0.3, 0.4) is 0 Å². The molecule has 0 spiro atoms. The maximum atomic E-state index is 12.3. The van der Waals surface area contributed by atoms with Crippen LogP contribution in [0.4, 0.5) is 0 Å². The average Bonchev–Trinajstić information content (AvgIpc) is 3.42. The van der Waals surface area contributed by atoms with Crippen LogP contribution in [0.5, 0.6) is 17.8 Å². The van der Waals surface area contributed by atoms with Crippen LogP contribution in [0.1, 0.15) is 29.5 Å². The largest absolute Gasteiger partial charge is 0.480 e. The lowest BCUT2D eigenvalue weighted by Crippen LogP contribution is -2.32. The Morgan fingerprint density at radius 3 is 2.38 bits per heavy atom. The van der Waals surface area contributed by atoms with Crippen LogP contribution in [0.15, 0.2) is 48.5 Å². The number of hydrogen-bond donors (Lipinski definition) is 1. The molecule has 0 saturated carbocycles. The summed E-state index contributed by atoms with van der Waals surface area (Å²) in [6.45, 7) is 3.11. The van der Waals surface area contributed by atoms with Gasteiger partial charge in [-0.3, -0.25) is 4.79 Å². The Labute approximate surface area is 199 Å². The zero-order chi connectivity index (χ0) is 23.9. The van der Waals surface area contributed by atoms with Gasteiger partial charge in [0.05, 0.1) is 14.2 Å². The van der Waals surface area contributed by atoms with Gasteiger partial charge in [0, 0.05) is 0 Å². The molecule has 1 saturated heterocycles. The van der Waals surface area contributed by atoms with Crippen molar-refractivity contribution in [2.24, 2.45) is 0 Å². The van der Waals surface area contributed by atoms with Crippen LogP contribution in [-0.4, -0.2) is 42.7 Å². The molecule has 0 radical (unpaired) electrons. The number of esters is 1. The number of hydrogen-bond acceptors (Lipinski definition) is 8. The van der Waals surface area contributed by atoms with E-state index >= 15 is 0 Å². The highest BCUT2D eigenvalue weighted by Gasteiger charge is 2.25. The molecule has 1 fully saturated rings.